The number of thiophene rings is 2. The molecule has 0 aliphatic rings. The van der Waals surface area contributed by atoms with Gasteiger partial charge in [0.15, 0.2) is 17.5 Å². The van der Waals surface area contributed by atoms with Gasteiger partial charge >= 0.3 is 0 Å². The SMILES string of the molecule is c1ccc(-c2ccc3ccc(-c4nc(-c5ccc6c(c5)sc5ccccc56)nc(-c5cccc6oc7c(-c8cccc9sc%10ccccc%10c89)cccc7c56)n4)cc3c2)cc1. The molecule has 0 fully saturated rings. The molecule has 9 aromatic carbocycles. The van der Waals surface area contributed by atoms with Crippen LogP contribution >= 0.6 is 22.7 Å². The molecule has 0 N–H and O–H groups in total. The van der Waals surface area contributed by atoms with E-state index in [1.807, 2.05) is 17.4 Å². The zero-order valence-electron chi connectivity index (χ0n) is 32.5. The van der Waals surface area contributed by atoms with E-state index >= 15 is 0 Å². The topological polar surface area (TPSA) is 51.8 Å². The molecular weight excluding hydrogens is 783 g/mol. The molecule has 4 nitrogen and oxygen atoms in total. The number of rotatable bonds is 5. The van der Waals surface area contributed by atoms with E-state index < -0.39 is 0 Å². The Hall–Kier alpha value is -7.51. The third-order valence-electron chi connectivity index (χ3n) is 11.9. The Morgan fingerprint density at radius 2 is 0.918 bits per heavy atom. The van der Waals surface area contributed by atoms with Gasteiger partial charge in [-0.05, 0) is 69.9 Å². The third-order valence-corrected chi connectivity index (χ3v) is 14.2. The van der Waals surface area contributed by atoms with Crippen LogP contribution in [0.1, 0.15) is 0 Å². The molecule has 0 bridgehead atoms. The molecule has 284 valence electrons. The van der Waals surface area contributed by atoms with Crippen molar-refractivity contribution in [1.82, 2.24) is 15.0 Å². The summed E-state index contributed by atoms with van der Waals surface area (Å²) in [5.74, 6) is 1.84. The van der Waals surface area contributed by atoms with E-state index in [4.69, 9.17) is 19.4 Å². The molecule has 6 heteroatoms. The van der Waals surface area contributed by atoms with Crippen LogP contribution in [-0.4, -0.2) is 15.0 Å². The van der Waals surface area contributed by atoms with Gasteiger partial charge < -0.3 is 4.42 Å². The van der Waals surface area contributed by atoms with Crippen LogP contribution in [0.4, 0.5) is 0 Å². The smallest absolute Gasteiger partial charge is 0.164 e. The Balaban J connectivity index is 1.03. The second kappa shape index (κ2) is 13.5. The Labute approximate surface area is 357 Å². The minimum atomic E-state index is 0.596. The Morgan fingerprint density at radius 3 is 1.79 bits per heavy atom. The second-order valence-corrected chi connectivity index (χ2v) is 17.7. The van der Waals surface area contributed by atoms with E-state index in [0.717, 1.165) is 60.5 Å². The summed E-state index contributed by atoms with van der Waals surface area (Å²) in [5.41, 5.74) is 8.97. The number of furan rings is 1. The highest BCUT2D eigenvalue weighted by Gasteiger charge is 2.21. The number of hydrogen-bond donors (Lipinski definition) is 0. The van der Waals surface area contributed by atoms with Crippen molar-refractivity contribution < 1.29 is 4.42 Å². The van der Waals surface area contributed by atoms with E-state index in [-0.39, 0.29) is 0 Å². The first-order chi connectivity index (χ1) is 30.2. The standard InChI is InChI=1S/C55H31N3OS2/c1-2-11-32(12-3-1)34-25-23-33-24-26-35(30-37(33)29-34)53-56-54(36-27-28-39-38-13-4-6-20-46(38)61-49(39)31-36)58-55(57-53)44-18-9-19-45-50(44)43-17-8-16-41(52(43)59-45)40-15-10-22-48-51(40)42-14-5-7-21-47(42)60-48/h1-31H. The van der Waals surface area contributed by atoms with Gasteiger partial charge in [-0.2, -0.15) is 0 Å². The molecule has 0 radical (unpaired) electrons. The van der Waals surface area contributed by atoms with Crippen molar-refractivity contribution in [3.05, 3.63) is 188 Å². The van der Waals surface area contributed by atoms with E-state index in [9.17, 15) is 0 Å². The maximum atomic E-state index is 6.87. The quantitative estimate of drug-likeness (QED) is 0.174. The first-order valence-electron chi connectivity index (χ1n) is 20.3. The summed E-state index contributed by atoms with van der Waals surface area (Å²) >= 11 is 3.62. The van der Waals surface area contributed by atoms with Gasteiger partial charge in [-0.15, -0.1) is 22.7 Å². The molecule has 0 aliphatic heterocycles. The third kappa shape index (κ3) is 5.53. The van der Waals surface area contributed by atoms with Crippen molar-refractivity contribution in [2.45, 2.75) is 0 Å². The molecule has 0 aliphatic carbocycles. The van der Waals surface area contributed by atoms with Gasteiger partial charge in [0.1, 0.15) is 11.2 Å². The number of nitrogens with zero attached hydrogens (tertiary/aromatic N) is 3. The van der Waals surface area contributed by atoms with Gasteiger partial charge in [0.05, 0.1) is 0 Å². The van der Waals surface area contributed by atoms with Gasteiger partial charge in [-0.25, -0.2) is 15.0 Å². The molecular formula is C55H31N3OS2. The van der Waals surface area contributed by atoms with Crippen LogP contribution in [-0.2, 0) is 0 Å². The van der Waals surface area contributed by atoms with E-state index in [1.54, 1.807) is 11.3 Å². The fraction of sp³-hybridized carbons (Fsp3) is 0. The largest absolute Gasteiger partial charge is 0.455 e. The van der Waals surface area contributed by atoms with Crippen LogP contribution in [0.25, 0.3) is 129 Å². The van der Waals surface area contributed by atoms with E-state index in [0.29, 0.717) is 17.5 Å². The number of fused-ring (bicyclic) bond motifs is 10. The Bertz CT molecular complexity index is 3900. The maximum Gasteiger partial charge on any atom is 0.164 e. The molecule has 0 amide bonds. The van der Waals surface area contributed by atoms with Crippen LogP contribution in [0.2, 0.25) is 0 Å². The van der Waals surface area contributed by atoms with Crippen molar-refractivity contribution in [3.8, 4) is 56.4 Å². The summed E-state index contributed by atoms with van der Waals surface area (Å²) in [4.78, 5) is 15.9. The van der Waals surface area contributed by atoms with Crippen LogP contribution in [0.15, 0.2) is 192 Å². The molecule has 13 aromatic rings. The van der Waals surface area contributed by atoms with Crippen molar-refractivity contribution >= 4 is 95.7 Å². The average molecular weight is 814 g/mol. The summed E-state index contributed by atoms with van der Waals surface area (Å²) in [6.45, 7) is 0. The normalized spacial score (nSPS) is 11.9. The molecule has 0 atom stereocenters. The van der Waals surface area contributed by atoms with Crippen molar-refractivity contribution in [3.63, 3.8) is 0 Å². The Morgan fingerprint density at radius 1 is 0.328 bits per heavy atom. The Kier molecular flexibility index (Phi) is 7.61. The first kappa shape index (κ1) is 34.4. The molecule has 0 spiro atoms. The van der Waals surface area contributed by atoms with Crippen molar-refractivity contribution in [2.75, 3.05) is 0 Å². The number of hydrogen-bond acceptors (Lipinski definition) is 6. The highest BCUT2D eigenvalue weighted by Crippen LogP contribution is 2.45. The van der Waals surface area contributed by atoms with Crippen molar-refractivity contribution in [1.29, 1.82) is 0 Å². The van der Waals surface area contributed by atoms with Gasteiger partial charge in [0, 0.05) is 73.4 Å². The van der Waals surface area contributed by atoms with Gasteiger partial charge in [-0.3, -0.25) is 0 Å². The minimum Gasteiger partial charge on any atom is -0.455 e. The molecule has 61 heavy (non-hydrogen) atoms. The maximum absolute atomic E-state index is 6.87. The molecule has 0 unspecified atom stereocenters. The summed E-state index contributed by atoms with van der Waals surface area (Å²) < 4.78 is 11.9. The van der Waals surface area contributed by atoms with Gasteiger partial charge in [0.2, 0.25) is 0 Å². The highest BCUT2D eigenvalue weighted by molar-refractivity contribution is 7.26. The predicted octanol–water partition coefficient (Wildman–Crippen LogP) is 16.0. The fourth-order valence-electron chi connectivity index (χ4n) is 9.06. The van der Waals surface area contributed by atoms with Crippen molar-refractivity contribution in [2.24, 2.45) is 0 Å². The summed E-state index contributed by atoms with van der Waals surface area (Å²) in [5, 5.41) is 9.30. The van der Waals surface area contributed by atoms with Gasteiger partial charge in [-0.1, -0.05) is 146 Å². The number of aromatic nitrogens is 3. The lowest BCUT2D eigenvalue weighted by atomic mass is 9.97. The van der Waals surface area contributed by atoms with Gasteiger partial charge in [0.25, 0.3) is 0 Å². The van der Waals surface area contributed by atoms with E-state index in [2.05, 4.69) is 182 Å². The summed E-state index contributed by atoms with van der Waals surface area (Å²) in [6.07, 6.45) is 0. The highest BCUT2D eigenvalue weighted by atomic mass is 32.1. The lowest BCUT2D eigenvalue weighted by Gasteiger charge is -2.11. The van der Waals surface area contributed by atoms with Crippen LogP contribution in [0.5, 0.6) is 0 Å². The molecule has 0 saturated carbocycles. The first-order valence-corrected chi connectivity index (χ1v) is 22.0. The minimum absolute atomic E-state index is 0.596. The molecule has 4 aromatic heterocycles. The summed E-state index contributed by atoms with van der Waals surface area (Å²) in [7, 11) is 0. The zero-order chi connectivity index (χ0) is 40.0. The fourth-order valence-corrected chi connectivity index (χ4v) is 11.3. The van der Waals surface area contributed by atoms with Crippen LogP contribution in [0, 0.1) is 0 Å². The lowest BCUT2D eigenvalue weighted by molar-refractivity contribution is 0.670. The lowest BCUT2D eigenvalue weighted by Crippen LogP contribution is -2.00. The van der Waals surface area contributed by atoms with E-state index in [1.165, 1.54) is 51.5 Å². The van der Waals surface area contributed by atoms with Crippen LogP contribution < -0.4 is 0 Å². The molecule has 4 heterocycles. The zero-order valence-corrected chi connectivity index (χ0v) is 34.1. The summed E-state index contributed by atoms with van der Waals surface area (Å²) in [6, 6.07) is 66.7. The molecule has 0 saturated heterocycles. The monoisotopic (exact) mass is 813 g/mol. The molecule has 13 rings (SSSR count). The number of para-hydroxylation sites is 1. The number of benzene rings is 9. The average Bonchev–Trinajstić information content (AvgIpc) is 4.02. The predicted molar refractivity (Wildman–Crippen MR) is 258 cm³/mol. The second-order valence-electron chi connectivity index (χ2n) is 15.5. The van der Waals surface area contributed by atoms with Crippen LogP contribution in [0.3, 0.4) is 0 Å².